The summed E-state index contributed by atoms with van der Waals surface area (Å²) in [5.74, 6) is 0.632. The van der Waals surface area contributed by atoms with Gasteiger partial charge in [-0.25, -0.2) is 0 Å². The largest absolute Gasteiger partial charge is 0.385 e. The SMILES string of the molecule is C[C@@H]1CC[C@@](O)(c2ccccc2Br)C1. The number of aliphatic hydroxyl groups is 1. The first kappa shape index (κ1) is 10.2. The fraction of sp³-hybridized carbons (Fsp3) is 0.500. The molecule has 0 saturated heterocycles. The third kappa shape index (κ3) is 1.73. The van der Waals surface area contributed by atoms with Gasteiger partial charge in [0, 0.05) is 4.47 Å². The van der Waals surface area contributed by atoms with E-state index in [1.807, 2.05) is 24.3 Å². The van der Waals surface area contributed by atoms with Crippen molar-refractivity contribution in [1.29, 1.82) is 0 Å². The second-order valence-corrected chi connectivity index (χ2v) is 5.21. The normalized spacial score (nSPS) is 32.1. The summed E-state index contributed by atoms with van der Waals surface area (Å²) in [6, 6.07) is 7.98. The van der Waals surface area contributed by atoms with Gasteiger partial charge < -0.3 is 5.11 Å². The standard InChI is InChI=1S/C12H15BrO/c1-9-6-7-12(14,8-9)10-4-2-3-5-11(10)13/h2-5,9,14H,6-8H2,1H3/t9-,12+/m1/s1. The van der Waals surface area contributed by atoms with E-state index in [9.17, 15) is 5.11 Å². The van der Waals surface area contributed by atoms with Crippen LogP contribution in [0.3, 0.4) is 0 Å². The Kier molecular flexibility index (Phi) is 2.67. The summed E-state index contributed by atoms with van der Waals surface area (Å²) in [4.78, 5) is 0. The number of rotatable bonds is 1. The molecule has 2 atom stereocenters. The summed E-state index contributed by atoms with van der Waals surface area (Å²) < 4.78 is 1.02. The summed E-state index contributed by atoms with van der Waals surface area (Å²) in [7, 11) is 0. The lowest BCUT2D eigenvalue weighted by atomic mass is 9.91. The van der Waals surface area contributed by atoms with Crippen molar-refractivity contribution in [2.24, 2.45) is 5.92 Å². The maximum Gasteiger partial charge on any atom is 0.0910 e. The van der Waals surface area contributed by atoms with Gasteiger partial charge in [-0.2, -0.15) is 0 Å². The smallest absolute Gasteiger partial charge is 0.0910 e. The Bertz CT molecular complexity index is 337. The third-order valence-electron chi connectivity index (χ3n) is 3.11. The molecule has 0 aliphatic heterocycles. The Morgan fingerprint density at radius 2 is 2.14 bits per heavy atom. The number of hydrogen-bond donors (Lipinski definition) is 1. The Labute approximate surface area is 93.3 Å². The lowest BCUT2D eigenvalue weighted by Crippen LogP contribution is -2.22. The van der Waals surface area contributed by atoms with Gasteiger partial charge in [0.25, 0.3) is 0 Å². The maximum absolute atomic E-state index is 10.5. The fourth-order valence-corrected chi connectivity index (χ4v) is 3.00. The molecule has 1 nitrogen and oxygen atoms in total. The molecule has 0 amide bonds. The highest BCUT2D eigenvalue weighted by Crippen LogP contribution is 2.43. The molecule has 0 heterocycles. The van der Waals surface area contributed by atoms with Crippen molar-refractivity contribution in [3.8, 4) is 0 Å². The van der Waals surface area contributed by atoms with Crippen molar-refractivity contribution in [2.75, 3.05) is 0 Å². The van der Waals surface area contributed by atoms with Crippen LogP contribution in [0.25, 0.3) is 0 Å². The van der Waals surface area contributed by atoms with Gasteiger partial charge in [0.15, 0.2) is 0 Å². The van der Waals surface area contributed by atoms with Crippen LogP contribution in [0.4, 0.5) is 0 Å². The average molecular weight is 255 g/mol. The van der Waals surface area contributed by atoms with Gasteiger partial charge in [0.05, 0.1) is 5.60 Å². The Morgan fingerprint density at radius 3 is 2.71 bits per heavy atom. The van der Waals surface area contributed by atoms with E-state index in [4.69, 9.17) is 0 Å². The molecule has 76 valence electrons. The molecule has 1 aromatic carbocycles. The lowest BCUT2D eigenvalue weighted by molar-refractivity contribution is 0.0400. The third-order valence-corrected chi connectivity index (χ3v) is 3.80. The molecule has 1 N–H and O–H groups in total. The molecule has 1 fully saturated rings. The van der Waals surface area contributed by atoms with Crippen LogP contribution in [0.1, 0.15) is 31.7 Å². The molecule has 0 radical (unpaired) electrons. The molecule has 0 bridgehead atoms. The van der Waals surface area contributed by atoms with Gasteiger partial charge in [0.1, 0.15) is 0 Å². The molecule has 1 aliphatic carbocycles. The topological polar surface area (TPSA) is 20.2 Å². The first-order valence-electron chi connectivity index (χ1n) is 5.09. The highest BCUT2D eigenvalue weighted by atomic mass is 79.9. The van der Waals surface area contributed by atoms with Crippen LogP contribution in [0.15, 0.2) is 28.7 Å². The first-order valence-corrected chi connectivity index (χ1v) is 5.88. The van der Waals surface area contributed by atoms with E-state index in [-0.39, 0.29) is 0 Å². The van der Waals surface area contributed by atoms with Crippen molar-refractivity contribution >= 4 is 15.9 Å². The van der Waals surface area contributed by atoms with Crippen LogP contribution in [0.5, 0.6) is 0 Å². The van der Waals surface area contributed by atoms with Crippen molar-refractivity contribution in [1.82, 2.24) is 0 Å². The average Bonchev–Trinajstić information content (AvgIpc) is 2.48. The van der Waals surface area contributed by atoms with Crippen molar-refractivity contribution in [3.63, 3.8) is 0 Å². The fourth-order valence-electron chi connectivity index (χ4n) is 2.35. The Balaban J connectivity index is 2.35. The molecule has 2 heteroatoms. The highest BCUT2D eigenvalue weighted by Gasteiger charge is 2.37. The summed E-state index contributed by atoms with van der Waals surface area (Å²) in [5.41, 5.74) is 0.448. The molecule has 0 spiro atoms. The van der Waals surface area contributed by atoms with Gasteiger partial charge in [-0.15, -0.1) is 0 Å². The molecule has 0 aromatic heterocycles. The van der Waals surface area contributed by atoms with Crippen LogP contribution in [-0.4, -0.2) is 5.11 Å². The highest BCUT2D eigenvalue weighted by molar-refractivity contribution is 9.10. The number of hydrogen-bond acceptors (Lipinski definition) is 1. The minimum atomic E-state index is -0.598. The van der Waals surface area contributed by atoms with Gasteiger partial charge in [0.2, 0.25) is 0 Å². The second kappa shape index (κ2) is 3.67. The molecule has 1 aromatic rings. The lowest BCUT2D eigenvalue weighted by Gasteiger charge is -2.24. The number of benzene rings is 1. The molecular weight excluding hydrogens is 240 g/mol. The van der Waals surface area contributed by atoms with E-state index >= 15 is 0 Å². The second-order valence-electron chi connectivity index (χ2n) is 4.36. The van der Waals surface area contributed by atoms with E-state index in [2.05, 4.69) is 22.9 Å². The van der Waals surface area contributed by atoms with E-state index in [0.29, 0.717) is 5.92 Å². The summed E-state index contributed by atoms with van der Waals surface area (Å²) in [5, 5.41) is 10.5. The van der Waals surface area contributed by atoms with E-state index in [1.165, 1.54) is 0 Å². The summed E-state index contributed by atoms with van der Waals surface area (Å²) >= 11 is 3.50. The van der Waals surface area contributed by atoms with Crippen LogP contribution < -0.4 is 0 Å². The van der Waals surface area contributed by atoms with Crippen molar-refractivity contribution in [3.05, 3.63) is 34.3 Å². The van der Waals surface area contributed by atoms with Crippen LogP contribution >= 0.6 is 15.9 Å². The van der Waals surface area contributed by atoms with Crippen LogP contribution in [0, 0.1) is 5.92 Å². The molecule has 2 rings (SSSR count). The minimum absolute atomic E-state index is 0.598. The molecular formula is C12H15BrO. The van der Waals surface area contributed by atoms with Crippen molar-refractivity contribution < 1.29 is 5.11 Å². The van der Waals surface area contributed by atoms with Crippen LogP contribution in [-0.2, 0) is 5.60 Å². The maximum atomic E-state index is 10.5. The quantitative estimate of drug-likeness (QED) is 0.814. The Morgan fingerprint density at radius 1 is 1.43 bits per heavy atom. The zero-order chi connectivity index (χ0) is 10.2. The number of halogens is 1. The molecule has 1 saturated carbocycles. The van der Waals surface area contributed by atoms with Crippen LogP contribution in [0.2, 0.25) is 0 Å². The van der Waals surface area contributed by atoms with Gasteiger partial charge in [-0.05, 0) is 36.8 Å². The van der Waals surface area contributed by atoms with Gasteiger partial charge in [-0.3, -0.25) is 0 Å². The van der Waals surface area contributed by atoms with E-state index in [1.54, 1.807) is 0 Å². The van der Waals surface area contributed by atoms with Crippen molar-refractivity contribution in [2.45, 2.75) is 31.8 Å². The predicted molar refractivity (Wildman–Crippen MR) is 61.1 cm³/mol. The van der Waals surface area contributed by atoms with Gasteiger partial charge in [-0.1, -0.05) is 41.1 Å². The first-order chi connectivity index (χ1) is 6.62. The molecule has 1 aliphatic rings. The Hall–Kier alpha value is -0.340. The van der Waals surface area contributed by atoms with Gasteiger partial charge >= 0.3 is 0 Å². The summed E-state index contributed by atoms with van der Waals surface area (Å²) in [6.07, 6.45) is 2.89. The van der Waals surface area contributed by atoms with E-state index < -0.39 is 5.60 Å². The minimum Gasteiger partial charge on any atom is -0.385 e. The molecule has 14 heavy (non-hydrogen) atoms. The monoisotopic (exact) mass is 254 g/mol. The molecule has 0 unspecified atom stereocenters. The zero-order valence-corrected chi connectivity index (χ0v) is 9.92. The zero-order valence-electron chi connectivity index (χ0n) is 8.33. The predicted octanol–water partition coefficient (Wildman–Crippen LogP) is 3.46. The van der Waals surface area contributed by atoms with E-state index in [0.717, 1.165) is 29.3 Å². The summed E-state index contributed by atoms with van der Waals surface area (Å²) in [6.45, 7) is 2.20.